The number of rotatable bonds is 10. The Labute approximate surface area is 127 Å². The summed E-state index contributed by atoms with van der Waals surface area (Å²) in [7, 11) is 1.59. The van der Waals surface area contributed by atoms with Crippen molar-refractivity contribution in [2.75, 3.05) is 20.3 Å². The Bertz CT molecular complexity index is 420. The fraction of sp³-hybridized carbons (Fsp3) is 0.588. The first-order chi connectivity index (χ1) is 10.2. The molecule has 4 heteroatoms. The second kappa shape index (κ2) is 10.1. The van der Waals surface area contributed by atoms with Crippen LogP contribution in [0.3, 0.4) is 0 Å². The van der Waals surface area contributed by atoms with Gasteiger partial charge in [0.25, 0.3) is 5.91 Å². The number of hydrogen-bond acceptors (Lipinski definition) is 3. The van der Waals surface area contributed by atoms with Crippen LogP contribution in [0.2, 0.25) is 0 Å². The minimum atomic E-state index is -0.0872. The average Bonchev–Trinajstić information content (AvgIpc) is 2.53. The van der Waals surface area contributed by atoms with E-state index in [-0.39, 0.29) is 12.5 Å². The molecule has 0 aliphatic heterocycles. The highest BCUT2D eigenvalue weighted by Crippen LogP contribution is 2.25. The topological polar surface area (TPSA) is 47.6 Å². The molecule has 4 nitrogen and oxygen atoms in total. The van der Waals surface area contributed by atoms with E-state index in [1.165, 1.54) is 19.3 Å². The van der Waals surface area contributed by atoms with Crippen molar-refractivity contribution in [3.8, 4) is 11.5 Å². The molecule has 1 atom stereocenters. The number of ether oxygens (including phenoxy) is 2. The first-order valence-corrected chi connectivity index (χ1v) is 7.73. The summed E-state index contributed by atoms with van der Waals surface area (Å²) in [6, 6.07) is 7.33. The fourth-order valence-electron chi connectivity index (χ4n) is 2.13. The minimum absolute atomic E-state index is 0.0184. The van der Waals surface area contributed by atoms with E-state index in [1.54, 1.807) is 13.2 Å². The number of carbonyl (C=O) groups is 1. The van der Waals surface area contributed by atoms with Crippen molar-refractivity contribution in [1.82, 2.24) is 5.32 Å². The smallest absolute Gasteiger partial charge is 0.257 e. The molecule has 0 aliphatic rings. The summed E-state index contributed by atoms with van der Waals surface area (Å²) >= 11 is 0. The first kappa shape index (κ1) is 17.3. The van der Waals surface area contributed by atoms with Crippen molar-refractivity contribution in [2.24, 2.45) is 5.92 Å². The van der Waals surface area contributed by atoms with Crippen LogP contribution in [0.5, 0.6) is 11.5 Å². The lowest BCUT2D eigenvalue weighted by molar-refractivity contribution is -0.123. The van der Waals surface area contributed by atoms with E-state index in [4.69, 9.17) is 9.47 Å². The molecule has 21 heavy (non-hydrogen) atoms. The first-order valence-electron chi connectivity index (χ1n) is 7.73. The van der Waals surface area contributed by atoms with Crippen LogP contribution in [0, 0.1) is 5.92 Å². The molecule has 0 aliphatic carbocycles. The van der Waals surface area contributed by atoms with Gasteiger partial charge in [-0.15, -0.1) is 0 Å². The zero-order chi connectivity index (χ0) is 15.5. The molecule has 0 aromatic heterocycles. The van der Waals surface area contributed by atoms with Gasteiger partial charge < -0.3 is 14.8 Å². The zero-order valence-electron chi connectivity index (χ0n) is 13.4. The van der Waals surface area contributed by atoms with Gasteiger partial charge in [-0.05, 0) is 24.5 Å². The number of unbranched alkanes of at least 4 members (excludes halogenated alkanes) is 1. The molecule has 0 spiro atoms. The van der Waals surface area contributed by atoms with E-state index in [2.05, 4.69) is 19.2 Å². The lowest BCUT2D eigenvalue weighted by Crippen LogP contribution is -2.33. The van der Waals surface area contributed by atoms with Gasteiger partial charge in [-0.25, -0.2) is 0 Å². The molecule has 0 unspecified atom stereocenters. The number of hydrogen-bond donors (Lipinski definition) is 1. The van der Waals surface area contributed by atoms with Gasteiger partial charge in [-0.2, -0.15) is 0 Å². The largest absolute Gasteiger partial charge is 0.493 e. The second-order valence-corrected chi connectivity index (χ2v) is 5.16. The fourth-order valence-corrected chi connectivity index (χ4v) is 2.13. The summed E-state index contributed by atoms with van der Waals surface area (Å²) in [6.07, 6.45) is 4.67. The monoisotopic (exact) mass is 293 g/mol. The molecule has 0 fully saturated rings. The Morgan fingerprint density at radius 3 is 2.57 bits per heavy atom. The van der Waals surface area contributed by atoms with Crippen LogP contribution in [0.25, 0.3) is 0 Å². The van der Waals surface area contributed by atoms with E-state index in [1.807, 2.05) is 18.2 Å². The number of para-hydroxylation sites is 2. The van der Waals surface area contributed by atoms with Crippen molar-refractivity contribution in [2.45, 2.75) is 39.5 Å². The van der Waals surface area contributed by atoms with Gasteiger partial charge in [0.2, 0.25) is 0 Å². The minimum Gasteiger partial charge on any atom is -0.493 e. The normalized spacial score (nSPS) is 11.8. The number of carbonyl (C=O) groups excluding carboxylic acids is 1. The van der Waals surface area contributed by atoms with Crippen molar-refractivity contribution in [3.05, 3.63) is 24.3 Å². The van der Waals surface area contributed by atoms with Gasteiger partial charge in [0.15, 0.2) is 18.1 Å². The summed E-state index contributed by atoms with van der Waals surface area (Å²) in [5, 5.41) is 2.95. The van der Waals surface area contributed by atoms with Gasteiger partial charge in [0.1, 0.15) is 0 Å². The predicted molar refractivity (Wildman–Crippen MR) is 84.8 cm³/mol. The molecule has 0 bridgehead atoms. The molecule has 0 heterocycles. The van der Waals surface area contributed by atoms with Gasteiger partial charge in [0.05, 0.1) is 7.11 Å². The number of benzene rings is 1. The molecule has 1 aromatic rings. The Morgan fingerprint density at radius 2 is 1.95 bits per heavy atom. The highest BCUT2D eigenvalue weighted by Gasteiger charge is 2.10. The molecule has 1 rings (SSSR count). The molecule has 0 saturated carbocycles. The molecular formula is C17H27NO3. The summed E-state index contributed by atoms with van der Waals surface area (Å²) in [5.74, 6) is 1.70. The standard InChI is InChI=1S/C17H27NO3/c1-4-6-9-14(5-2)12-18-17(19)13-21-16-11-8-7-10-15(16)20-3/h7-8,10-11,14H,4-6,9,12-13H2,1-3H3,(H,18,19)/t14-/m1/s1. The van der Waals surface area contributed by atoms with E-state index in [0.29, 0.717) is 17.4 Å². The van der Waals surface area contributed by atoms with E-state index in [9.17, 15) is 4.79 Å². The van der Waals surface area contributed by atoms with Crippen LogP contribution in [-0.2, 0) is 4.79 Å². The van der Waals surface area contributed by atoms with Gasteiger partial charge in [-0.3, -0.25) is 4.79 Å². The Kier molecular flexibility index (Phi) is 8.32. The molecule has 118 valence electrons. The SMILES string of the molecule is CCCC[C@@H](CC)CNC(=O)COc1ccccc1OC. The molecule has 1 aromatic carbocycles. The summed E-state index contributed by atoms with van der Waals surface area (Å²) in [6.45, 7) is 5.10. The van der Waals surface area contributed by atoms with Gasteiger partial charge >= 0.3 is 0 Å². The number of amides is 1. The maximum Gasteiger partial charge on any atom is 0.257 e. The average molecular weight is 293 g/mol. The summed E-state index contributed by atoms with van der Waals surface area (Å²) in [5.41, 5.74) is 0. The van der Waals surface area contributed by atoms with E-state index in [0.717, 1.165) is 13.0 Å². The lowest BCUT2D eigenvalue weighted by atomic mass is 9.99. The third-order valence-electron chi connectivity index (χ3n) is 3.56. The highest BCUT2D eigenvalue weighted by atomic mass is 16.5. The molecule has 0 saturated heterocycles. The van der Waals surface area contributed by atoms with Crippen LogP contribution in [-0.4, -0.2) is 26.2 Å². The van der Waals surface area contributed by atoms with E-state index >= 15 is 0 Å². The Balaban J connectivity index is 2.33. The molecular weight excluding hydrogens is 266 g/mol. The Hall–Kier alpha value is -1.71. The maximum absolute atomic E-state index is 11.8. The summed E-state index contributed by atoms with van der Waals surface area (Å²) < 4.78 is 10.7. The lowest BCUT2D eigenvalue weighted by Gasteiger charge is -2.15. The van der Waals surface area contributed by atoms with Crippen LogP contribution >= 0.6 is 0 Å². The molecule has 0 radical (unpaired) electrons. The zero-order valence-corrected chi connectivity index (χ0v) is 13.4. The maximum atomic E-state index is 11.8. The number of nitrogens with one attached hydrogen (secondary N) is 1. The predicted octanol–water partition coefficient (Wildman–Crippen LogP) is 3.41. The van der Waals surface area contributed by atoms with Crippen LogP contribution in [0.4, 0.5) is 0 Å². The number of methoxy groups -OCH3 is 1. The van der Waals surface area contributed by atoms with Gasteiger partial charge in [0, 0.05) is 6.54 Å². The third-order valence-corrected chi connectivity index (χ3v) is 3.56. The van der Waals surface area contributed by atoms with Crippen molar-refractivity contribution in [1.29, 1.82) is 0 Å². The van der Waals surface area contributed by atoms with Crippen LogP contribution in [0.15, 0.2) is 24.3 Å². The highest BCUT2D eigenvalue weighted by molar-refractivity contribution is 5.77. The molecule has 1 amide bonds. The Morgan fingerprint density at radius 1 is 1.24 bits per heavy atom. The van der Waals surface area contributed by atoms with Crippen LogP contribution < -0.4 is 14.8 Å². The molecule has 1 N–H and O–H groups in total. The quantitative estimate of drug-likeness (QED) is 0.719. The second-order valence-electron chi connectivity index (χ2n) is 5.16. The third kappa shape index (κ3) is 6.52. The van der Waals surface area contributed by atoms with Crippen LogP contribution in [0.1, 0.15) is 39.5 Å². The van der Waals surface area contributed by atoms with Gasteiger partial charge in [-0.1, -0.05) is 45.2 Å². The van der Waals surface area contributed by atoms with Crippen molar-refractivity contribution in [3.63, 3.8) is 0 Å². The van der Waals surface area contributed by atoms with Crippen molar-refractivity contribution >= 4 is 5.91 Å². The van der Waals surface area contributed by atoms with Crippen molar-refractivity contribution < 1.29 is 14.3 Å². The van der Waals surface area contributed by atoms with E-state index < -0.39 is 0 Å². The summed E-state index contributed by atoms with van der Waals surface area (Å²) in [4.78, 5) is 11.8.